The van der Waals surface area contributed by atoms with Crippen LogP contribution in [0.4, 0.5) is 4.39 Å². The van der Waals surface area contributed by atoms with Gasteiger partial charge in [-0.15, -0.1) is 0 Å². The minimum Gasteiger partial charge on any atom is -0.400 e. The first kappa shape index (κ1) is 18.9. The fourth-order valence-corrected chi connectivity index (χ4v) is 1.98. The van der Waals surface area contributed by atoms with E-state index in [1.54, 1.807) is 12.3 Å². The summed E-state index contributed by atoms with van der Waals surface area (Å²) in [4.78, 5) is 1.96. The van der Waals surface area contributed by atoms with Crippen LogP contribution in [-0.2, 0) is 0 Å². The zero-order valence-electron chi connectivity index (χ0n) is 12.6. The molecule has 0 fully saturated rings. The van der Waals surface area contributed by atoms with E-state index in [9.17, 15) is 4.39 Å². The standard InChI is InChI=1S/C14H27FN4S/c1-4-14(19(5-2)8-9-20)13(15)6-7-18-11-12(16)10-17-3/h4,6,11,17-18,20H,5,7-10,16H2,1-3H3/b12-11-,13-6+,14-4+. The van der Waals surface area contributed by atoms with Crippen molar-refractivity contribution >= 4 is 12.6 Å². The Bertz CT molecular complexity index is 353. The van der Waals surface area contributed by atoms with Gasteiger partial charge in [0, 0.05) is 43.8 Å². The number of thiol groups is 1. The van der Waals surface area contributed by atoms with Gasteiger partial charge in [-0.2, -0.15) is 12.6 Å². The molecular formula is C14H27FN4S. The maximum Gasteiger partial charge on any atom is 0.143 e. The van der Waals surface area contributed by atoms with Gasteiger partial charge in [-0.1, -0.05) is 6.08 Å². The first-order valence-corrected chi connectivity index (χ1v) is 7.44. The number of nitrogens with one attached hydrogen (secondary N) is 2. The summed E-state index contributed by atoms with van der Waals surface area (Å²) < 4.78 is 14.1. The molecule has 0 aliphatic rings. The number of likely N-dealkylation sites (N-methyl/N-ethyl adjacent to an activating group) is 2. The van der Waals surface area contributed by atoms with Crippen LogP contribution in [0.15, 0.2) is 35.6 Å². The highest BCUT2D eigenvalue weighted by Crippen LogP contribution is 2.16. The number of allylic oxidation sites excluding steroid dienone is 2. The van der Waals surface area contributed by atoms with Crippen molar-refractivity contribution in [3.8, 4) is 0 Å². The predicted octanol–water partition coefficient (Wildman–Crippen LogP) is 1.60. The van der Waals surface area contributed by atoms with Gasteiger partial charge in [-0.05, 0) is 27.0 Å². The van der Waals surface area contributed by atoms with Crippen LogP contribution in [0.25, 0.3) is 0 Å². The number of hydrogen-bond acceptors (Lipinski definition) is 5. The van der Waals surface area contributed by atoms with Gasteiger partial charge in [0.25, 0.3) is 0 Å². The van der Waals surface area contributed by atoms with Crippen LogP contribution in [0, 0.1) is 0 Å². The fraction of sp³-hybridized carbons (Fsp3) is 0.571. The van der Waals surface area contributed by atoms with Gasteiger partial charge in [0.1, 0.15) is 5.83 Å². The number of nitrogens with zero attached hydrogens (tertiary/aromatic N) is 1. The average molecular weight is 302 g/mol. The normalized spacial score (nSPS) is 13.6. The lowest BCUT2D eigenvalue weighted by molar-refractivity contribution is 0.371. The first-order chi connectivity index (χ1) is 9.60. The van der Waals surface area contributed by atoms with E-state index in [1.807, 2.05) is 25.8 Å². The van der Waals surface area contributed by atoms with Gasteiger partial charge in [0.2, 0.25) is 0 Å². The molecule has 4 nitrogen and oxygen atoms in total. The van der Waals surface area contributed by atoms with Crippen LogP contribution in [0.1, 0.15) is 13.8 Å². The second-order valence-electron chi connectivity index (χ2n) is 4.19. The summed E-state index contributed by atoms with van der Waals surface area (Å²) in [6, 6.07) is 0. The van der Waals surface area contributed by atoms with E-state index in [4.69, 9.17) is 5.73 Å². The molecule has 0 rings (SSSR count). The quantitative estimate of drug-likeness (QED) is 0.281. The Morgan fingerprint density at radius 1 is 1.45 bits per heavy atom. The Morgan fingerprint density at radius 2 is 2.15 bits per heavy atom. The molecular weight excluding hydrogens is 275 g/mol. The van der Waals surface area contributed by atoms with Gasteiger partial charge in [0.05, 0.1) is 5.70 Å². The van der Waals surface area contributed by atoms with E-state index in [0.717, 1.165) is 13.1 Å². The molecule has 6 heteroatoms. The Morgan fingerprint density at radius 3 is 2.65 bits per heavy atom. The van der Waals surface area contributed by atoms with Crippen LogP contribution in [0.2, 0.25) is 0 Å². The second-order valence-corrected chi connectivity index (χ2v) is 4.63. The average Bonchev–Trinajstić information content (AvgIpc) is 2.43. The van der Waals surface area contributed by atoms with E-state index in [2.05, 4.69) is 23.3 Å². The molecule has 116 valence electrons. The number of rotatable bonds is 10. The van der Waals surface area contributed by atoms with E-state index in [-0.39, 0.29) is 5.83 Å². The highest BCUT2D eigenvalue weighted by atomic mass is 32.1. The molecule has 0 aromatic carbocycles. The summed E-state index contributed by atoms with van der Waals surface area (Å²) >= 11 is 4.19. The van der Waals surface area contributed by atoms with Gasteiger partial charge in [0.15, 0.2) is 0 Å². The summed E-state index contributed by atoms with van der Waals surface area (Å²) in [7, 11) is 1.82. The van der Waals surface area contributed by atoms with Crippen LogP contribution in [0.3, 0.4) is 0 Å². The van der Waals surface area contributed by atoms with Crippen molar-refractivity contribution in [3.05, 3.63) is 35.6 Å². The lowest BCUT2D eigenvalue weighted by Crippen LogP contribution is -2.25. The molecule has 0 amide bonds. The number of halogens is 1. The molecule has 0 aromatic rings. The third kappa shape index (κ3) is 7.45. The number of hydrogen-bond donors (Lipinski definition) is 4. The maximum atomic E-state index is 14.1. The van der Waals surface area contributed by atoms with Gasteiger partial charge >= 0.3 is 0 Å². The second kappa shape index (κ2) is 11.7. The highest BCUT2D eigenvalue weighted by Gasteiger charge is 2.10. The Kier molecular flexibility index (Phi) is 11.0. The maximum absolute atomic E-state index is 14.1. The van der Waals surface area contributed by atoms with Gasteiger partial charge in [-0.25, -0.2) is 4.39 Å². The third-order valence-electron chi connectivity index (χ3n) is 2.68. The molecule has 4 N–H and O–H groups in total. The van der Waals surface area contributed by atoms with Crippen molar-refractivity contribution in [2.75, 3.05) is 39.0 Å². The predicted molar refractivity (Wildman–Crippen MR) is 88.2 cm³/mol. The molecule has 0 saturated heterocycles. The van der Waals surface area contributed by atoms with Crippen molar-refractivity contribution < 1.29 is 4.39 Å². The monoisotopic (exact) mass is 302 g/mol. The van der Waals surface area contributed by atoms with Gasteiger partial charge < -0.3 is 21.3 Å². The summed E-state index contributed by atoms with van der Waals surface area (Å²) in [5.41, 5.74) is 6.98. The molecule has 0 radical (unpaired) electrons. The van der Waals surface area contributed by atoms with Crippen molar-refractivity contribution in [2.45, 2.75) is 13.8 Å². The molecule has 0 aliphatic carbocycles. The van der Waals surface area contributed by atoms with Crippen molar-refractivity contribution in [2.24, 2.45) is 5.73 Å². The lowest BCUT2D eigenvalue weighted by atomic mass is 10.3. The minimum atomic E-state index is -0.232. The molecule has 0 bridgehead atoms. The smallest absolute Gasteiger partial charge is 0.143 e. The molecule has 0 aliphatic heterocycles. The SMILES string of the molecule is C/C=C(\C(F)=C/CN/C=C(\N)CNC)N(CC)CCS. The summed E-state index contributed by atoms with van der Waals surface area (Å²) in [6.07, 6.45) is 4.98. The Labute approximate surface area is 127 Å². The summed E-state index contributed by atoms with van der Waals surface area (Å²) in [5, 5.41) is 5.90. The van der Waals surface area contributed by atoms with E-state index in [1.165, 1.54) is 6.08 Å². The van der Waals surface area contributed by atoms with Crippen molar-refractivity contribution in [1.82, 2.24) is 15.5 Å². The topological polar surface area (TPSA) is 53.3 Å². The molecule has 0 heterocycles. The fourth-order valence-electron chi connectivity index (χ4n) is 1.74. The third-order valence-corrected chi connectivity index (χ3v) is 2.88. The van der Waals surface area contributed by atoms with Crippen LogP contribution in [0.5, 0.6) is 0 Å². The minimum absolute atomic E-state index is 0.232. The van der Waals surface area contributed by atoms with E-state index >= 15 is 0 Å². The molecule has 20 heavy (non-hydrogen) atoms. The van der Waals surface area contributed by atoms with Gasteiger partial charge in [-0.3, -0.25) is 0 Å². The Hall–Kier alpha value is -1.14. The molecule has 0 spiro atoms. The summed E-state index contributed by atoms with van der Waals surface area (Å²) in [6.45, 7) is 6.31. The van der Waals surface area contributed by atoms with Crippen LogP contribution >= 0.6 is 12.6 Å². The first-order valence-electron chi connectivity index (χ1n) is 6.81. The van der Waals surface area contributed by atoms with Crippen molar-refractivity contribution in [1.29, 1.82) is 0 Å². The molecule has 0 saturated carbocycles. The zero-order chi connectivity index (χ0) is 15.4. The molecule has 0 aromatic heterocycles. The van der Waals surface area contributed by atoms with E-state index in [0.29, 0.717) is 30.2 Å². The Balaban J connectivity index is 4.50. The molecule has 0 atom stereocenters. The highest BCUT2D eigenvalue weighted by molar-refractivity contribution is 7.80. The summed E-state index contributed by atoms with van der Waals surface area (Å²) in [5.74, 6) is 0.462. The zero-order valence-corrected chi connectivity index (χ0v) is 13.5. The molecule has 0 unspecified atom stereocenters. The number of nitrogens with two attached hydrogens (primary N) is 1. The van der Waals surface area contributed by atoms with Crippen LogP contribution < -0.4 is 16.4 Å². The lowest BCUT2D eigenvalue weighted by Gasteiger charge is -2.24. The van der Waals surface area contributed by atoms with Crippen molar-refractivity contribution in [3.63, 3.8) is 0 Å². The van der Waals surface area contributed by atoms with Crippen LogP contribution in [-0.4, -0.2) is 43.9 Å². The van der Waals surface area contributed by atoms with E-state index < -0.39 is 0 Å². The largest absolute Gasteiger partial charge is 0.400 e.